The summed E-state index contributed by atoms with van der Waals surface area (Å²) in [7, 11) is 0. The highest BCUT2D eigenvalue weighted by Crippen LogP contribution is 2.64. The molecule has 0 spiro atoms. The highest BCUT2D eigenvalue weighted by Gasteiger charge is 2.64. The van der Waals surface area contributed by atoms with E-state index in [1.165, 1.54) is 33.4 Å². The van der Waals surface area contributed by atoms with Gasteiger partial charge in [-0.15, -0.1) is 0 Å². The lowest BCUT2D eigenvalue weighted by atomic mass is 9.41. The van der Waals surface area contributed by atoms with Gasteiger partial charge in [-0.1, -0.05) is 44.1 Å². The molecule has 1 aromatic rings. The van der Waals surface area contributed by atoms with Gasteiger partial charge in [0, 0.05) is 10.8 Å². The van der Waals surface area contributed by atoms with E-state index in [0.717, 1.165) is 0 Å². The molecule has 112 valence electrons. The molecule has 0 unspecified atom stereocenters. The third-order valence-electron chi connectivity index (χ3n) is 7.05. The van der Waals surface area contributed by atoms with Crippen LogP contribution >= 0.6 is 0 Å². The van der Waals surface area contributed by atoms with E-state index in [2.05, 4.69) is 67.5 Å². The Labute approximate surface area is 128 Å². The molecular formula is C20H26O. The summed E-state index contributed by atoms with van der Waals surface area (Å²) in [6.07, 6.45) is 0. The van der Waals surface area contributed by atoms with Crippen molar-refractivity contribution in [2.24, 2.45) is 5.41 Å². The summed E-state index contributed by atoms with van der Waals surface area (Å²) in [6, 6.07) is 4.58. The first-order valence-electron chi connectivity index (χ1n) is 7.86. The van der Waals surface area contributed by atoms with Gasteiger partial charge in [-0.05, 0) is 56.9 Å². The molecule has 3 aliphatic rings. The van der Waals surface area contributed by atoms with Crippen LogP contribution in [0.15, 0.2) is 23.3 Å². The number of ketones is 1. The predicted molar refractivity (Wildman–Crippen MR) is 87.8 cm³/mol. The van der Waals surface area contributed by atoms with Crippen LogP contribution in [-0.4, -0.2) is 5.78 Å². The summed E-state index contributed by atoms with van der Waals surface area (Å²) < 4.78 is 0. The van der Waals surface area contributed by atoms with Gasteiger partial charge in [0.05, 0.1) is 5.41 Å². The lowest BCUT2D eigenvalue weighted by Crippen LogP contribution is -2.62. The van der Waals surface area contributed by atoms with Crippen molar-refractivity contribution in [1.82, 2.24) is 0 Å². The lowest BCUT2D eigenvalue weighted by molar-refractivity contribution is -0.137. The van der Waals surface area contributed by atoms with Crippen LogP contribution < -0.4 is 0 Å². The van der Waals surface area contributed by atoms with Crippen molar-refractivity contribution in [3.8, 4) is 0 Å². The zero-order valence-corrected chi connectivity index (χ0v) is 14.6. The minimum atomic E-state index is -0.459. The summed E-state index contributed by atoms with van der Waals surface area (Å²) >= 11 is 0. The molecule has 0 aliphatic heterocycles. The van der Waals surface area contributed by atoms with Gasteiger partial charge >= 0.3 is 0 Å². The molecule has 21 heavy (non-hydrogen) atoms. The lowest BCUT2D eigenvalue weighted by Gasteiger charge is -2.60. The van der Waals surface area contributed by atoms with Crippen molar-refractivity contribution >= 4 is 5.78 Å². The number of allylic oxidation sites excluding steroid dienone is 2. The van der Waals surface area contributed by atoms with Crippen LogP contribution in [0.25, 0.3) is 0 Å². The van der Waals surface area contributed by atoms with E-state index in [0.29, 0.717) is 5.78 Å². The van der Waals surface area contributed by atoms with Crippen LogP contribution in [0.5, 0.6) is 0 Å². The normalized spacial score (nSPS) is 33.4. The summed E-state index contributed by atoms with van der Waals surface area (Å²) in [5.41, 5.74) is 6.82. The van der Waals surface area contributed by atoms with Gasteiger partial charge in [0.15, 0.2) is 5.78 Å². The van der Waals surface area contributed by atoms with E-state index >= 15 is 0 Å². The number of benzene rings is 1. The Morgan fingerprint density at radius 2 is 1.24 bits per heavy atom. The molecule has 1 aromatic carbocycles. The van der Waals surface area contributed by atoms with Crippen molar-refractivity contribution in [3.05, 3.63) is 45.5 Å². The molecule has 0 amide bonds. The Morgan fingerprint density at radius 3 is 1.76 bits per heavy atom. The number of aryl methyl sites for hydroxylation is 2. The Kier molecular flexibility index (Phi) is 2.56. The van der Waals surface area contributed by atoms with E-state index in [-0.39, 0.29) is 10.8 Å². The maximum absolute atomic E-state index is 13.3. The molecule has 2 bridgehead atoms. The Hall–Kier alpha value is -1.37. The number of hydrogen-bond donors (Lipinski definition) is 0. The molecule has 1 heteroatoms. The first kappa shape index (κ1) is 14.6. The van der Waals surface area contributed by atoms with Crippen molar-refractivity contribution in [2.45, 2.75) is 66.2 Å². The number of carbonyl (C=O) groups is 1. The molecule has 1 nitrogen and oxygen atoms in total. The van der Waals surface area contributed by atoms with Gasteiger partial charge in [-0.2, -0.15) is 0 Å². The zero-order chi connectivity index (χ0) is 16.0. The highest BCUT2D eigenvalue weighted by atomic mass is 16.1. The van der Waals surface area contributed by atoms with Gasteiger partial charge < -0.3 is 0 Å². The number of rotatable bonds is 0. The molecule has 4 rings (SSSR count). The standard InChI is InChI=1S/C20H26O/c1-11-9-15-16(10-12(11)2)20(8)14(4)13(3)19(15,7)17(21)18(20,5)6/h9-10H,1-8H3/t19-,20+/m1/s1. The van der Waals surface area contributed by atoms with Crippen LogP contribution in [0.3, 0.4) is 0 Å². The maximum Gasteiger partial charge on any atom is 0.153 e. The smallest absolute Gasteiger partial charge is 0.153 e. The Balaban J connectivity index is 2.54. The molecular weight excluding hydrogens is 256 g/mol. The fourth-order valence-corrected chi connectivity index (χ4v) is 4.75. The molecule has 0 fully saturated rings. The Bertz CT molecular complexity index is 720. The van der Waals surface area contributed by atoms with Crippen molar-refractivity contribution in [2.75, 3.05) is 0 Å². The van der Waals surface area contributed by atoms with Crippen molar-refractivity contribution in [3.63, 3.8) is 0 Å². The number of Topliss-reactive ketones (excluding diaryl/α,β-unsaturated/α-hetero) is 1. The molecule has 0 saturated carbocycles. The second-order valence-corrected chi connectivity index (χ2v) is 7.94. The van der Waals surface area contributed by atoms with E-state index in [1.54, 1.807) is 0 Å². The van der Waals surface area contributed by atoms with Crippen LogP contribution in [0, 0.1) is 19.3 Å². The average molecular weight is 282 g/mol. The topological polar surface area (TPSA) is 17.1 Å². The van der Waals surface area contributed by atoms with Crippen LogP contribution in [0.2, 0.25) is 0 Å². The number of hydrogen-bond acceptors (Lipinski definition) is 1. The average Bonchev–Trinajstić information content (AvgIpc) is 2.42. The second-order valence-electron chi connectivity index (χ2n) is 7.94. The number of carbonyl (C=O) groups excluding carboxylic acids is 1. The second kappa shape index (κ2) is 3.69. The fraction of sp³-hybridized carbons (Fsp3) is 0.550. The summed E-state index contributed by atoms with van der Waals surface area (Å²) in [6.45, 7) is 17.3. The van der Waals surface area contributed by atoms with Gasteiger partial charge in [-0.3, -0.25) is 4.79 Å². The first-order valence-corrected chi connectivity index (χ1v) is 7.86. The maximum atomic E-state index is 13.3. The predicted octanol–water partition coefficient (Wildman–Crippen LogP) is 4.78. The highest BCUT2D eigenvalue weighted by molar-refractivity contribution is 6.03. The van der Waals surface area contributed by atoms with E-state index in [9.17, 15) is 4.79 Å². The first-order chi connectivity index (χ1) is 9.50. The van der Waals surface area contributed by atoms with Crippen LogP contribution in [0.1, 0.15) is 63.8 Å². The van der Waals surface area contributed by atoms with Crippen LogP contribution in [-0.2, 0) is 15.6 Å². The molecule has 0 aromatic heterocycles. The van der Waals surface area contributed by atoms with Gasteiger partial charge in [0.1, 0.15) is 0 Å². The molecule has 0 heterocycles. The Morgan fingerprint density at radius 1 is 0.762 bits per heavy atom. The summed E-state index contributed by atoms with van der Waals surface area (Å²) in [5, 5.41) is 0. The third-order valence-corrected chi connectivity index (χ3v) is 7.05. The molecule has 0 N–H and O–H groups in total. The van der Waals surface area contributed by atoms with Crippen LogP contribution in [0.4, 0.5) is 0 Å². The zero-order valence-electron chi connectivity index (χ0n) is 14.6. The van der Waals surface area contributed by atoms with E-state index in [1.807, 2.05) is 0 Å². The molecule has 0 saturated heterocycles. The molecule has 0 radical (unpaired) electrons. The summed E-state index contributed by atoms with van der Waals surface area (Å²) in [4.78, 5) is 13.3. The van der Waals surface area contributed by atoms with E-state index in [4.69, 9.17) is 0 Å². The van der Waals surface area contributed by atoms with Gasteiger partial charge in [0.25, 0.3) is 0 Å². The third kappa shape index (κ3) is 1.27. The van der Waals surface area contributed by atoms with Gasteiger partial charge in [0.2, 0.25) is 0 Å². The monoisotopic (exact) mass is 282 g/mol. The summed E-state index contributed by atoms with van der Waals surface area (Å²) in [5.74, 6) is 0.372. The number of fused-ring (bicyclic) bond motifs is 1. The van der Waals surface area contributed by atoms with E-state index < -0.39 is 5.41 Å². The fourth-order valence-electron chi connectivity index (χ4n) is 4.75. The molecule has 2 atom stereocenters. The quantitative estimate of drug-likeness (QED) is 0.626. The largest absolute Gasteiger partial charge is 0.298 e. The van der Waals surface area contributed by atoms with Crippen molar-refractivity contribution in [1.29, 1.82) is 0 Å². The minimum absolute atomic E-state index is 0.195. The van der Waals surface area contributed by atoms with Gasteiger partial charge in [-0.25, -0.2) is 0 Å². The van der Waals surface area contributed by atoms with Crippen molar-refractivity contribution < 1.29 is 4.79 Å². The molecule has 3 aliphatic carbocycles. The SMILES string of the molecule is CC1=C(C)[C@@]2(C)c3cc(C)c(C)cc3[C@]1(C)C(=O)C2(C)C. The minimum Gasteiger partial charge on any atom is -0.298 e.